The number of rotatable bonds is 5. The minimum Gasteiger partial charge on any atom is -0.353 e. The zero-order valence-corrected chi connectivity index (χ0v) is 19.9. The Kier molecular flexibility index (Phi) is 6.18. The van der Waals surface area contributed by atoms with Gasteiger partial charge in [0.2, 0.25) is 5.91 Å². The van der Waals surface area contributed by atoms with Gasteiger partial charge in [0.15, 0.2) is 0 Å². The van der Waals surface area contributed by atoms with Crippen molar-refractivity contribution >= 4 is 34.2 Å². The Hall–Kier alpha value is -4.20. The van der Waals surface area contributed by atoms with Crippen molar-refractivity contribution in [1.29, 1.82) is 0 Å². The Morgan fingerprint density at radius 3 is 2.40 bits per heavy atom. The molecule has 5 rings (SSSR count). The van der Waals surface area contributed by atoms with Crippen molar-refractivity contribution in [2.75, 3.05) is 36.4 Å². The fourth-order valence-electron chi connectivity index (χ4n) is 4.41. The lowest BCUT2D eigenvalue weighted by Gasteiger charge is -2.35. The molecule has 1 aliphatic heterocycles. The van der Waals surface area contributed by atoms with E-state index in [1.54, 1.807) is 16.8 Å². The van der Waals surface area contributed by atoms with Gasteiger partial charge >= 0.3 is 0 Å². The summed E-state index contributed by atoms with van der Waals surface area (Å²) in [5, 5.41) is 8.30. The van der Waals surface area contributed by atoms with Crippen molar-refractivity contribution in [2.45, 2.75) is 20.4 Å². The van der Waals surface area contributed by atoms with Crippen LogP contribution in [0.2, 0.25) is 0 Å². The number of piperazine rings is 1. The Balaban J connectivity index is 1.21. The number of aromatic nitrogens is 3. The summed E-state index contributed by atoms with van der Waals surface area (Å²) < 4.78 is 1.77. The predicted molar refractivity (Wildman–Crippen MR) is 137 cm³/mol. The van der Waals surface area contributed by atoms with Crippen molar-refractivity contribution in [2.24, 2.45) is 0 Å². The van der Waals surface area contributed by atoms with Gasteiger partial charge in [-0.2, -0.15) is 5.10 Å². The zero-order valence-electron chi connectivity index (χ0n) is 19.9. The lowest BCUT2D eigenvalue weighted by molar-refractivity contribution is -0.132. The van der Waals surface area contributed by atoms with E-state index >= 15 is 0 Å². The van der Waals surface area contributed by atoms with Crippen LogP contribution in [-0.4, -0.2) is 57.7 Å². The first-order valence-electron chi connectivity index (χ1n) is 11.8. The first-order chi connectivity index (χ1) is 17.0. The topological polar surface area (TPSA) is 83.4 Å². The van der Waals surface area contributed by atoms with E-state index in [1.165, 1.54) is 0 Å². The summed E-state index contributed by atoms with van der Waals surface area (Å²) >= 11 is 0. The van der Waals surface area contributed by atoms with E-state index in [1.807, 2.05) is 73.3 Å². The molecule has 0 radical (unpaired) electrons. The van der Waals surface area contributed by atoms with Crippen molar-refractivity contribution in [3.8, 4) is 0 Å². The molecule has 3 heterocycles. The van der Waals surface area contributed by atoms with Gasteiger partial charge in [-0.05, 0) is 62.4 Å². The average Bonchev–Trinajstić information content (AvgIpc) is 3.20. The summed E-state index contributed by atoms with van der Waals surface area (Å²) in [7, 11) is 0. The molecule has 1 saturated heterocycles. The molecule has 0 aliphatic carbocycles. The molecular formula is C27H28N6O2. The van der Waals surface area contributed by atoms with Crippen LogP contribution < -0.4 is 10.2 Å². The highest BCUT2D eigenvalue weighted by molar-refractivity contribution is 6.05. The van der Waals surface area contributed by atoms with E-state index in [9.17, 15) is 9.59 Å². The second-order valence-electron chi connectivity index (χ2n) is 8.85. The van der Waals surface area contributed by atoms with Gasteiger partial charge in [0.05, 0.1) is 11.2 Å². The van der Waals surface area contributed by atoms with Crippen LogP contribution in [0.4, 0.5) is 11.5 Å². The maximum absolute atomic E-state index is 12.7. The number of hydrogen-bond acceptors (Lipinski definition) is 5. The van der Waals surface area contributed by atoms with Crippen molar-refractivity contribution in [3.05, 3.63) is 83.7 Å². The minimum atomic E-state index is -0.139. The van der Waals surface area contributed by atoms with Crippen LogP contribution in [0.5, 0.6) is 0 Å². The normalized spacial score (nSPS) is 13.8. The molecule has 2 aromatic heterocycles. The predicted octanol–water partition coefficient (Wildman–Crippen LogP) is 3.65. The number of benzene rings is 2. The number of anilines is 2. The van der Waals surface area contributed by atoms with Gasteiger partial charge in [-0.1, -0.05) is 18.2 Å². The molecule has 1 fully saturated rings. The van der Waals surface area contributed by atoms with Crippen LogP contribution in [-0.2, 0) is 11.3 Å². The highest BCUT2D eigenvalue weighted by Gasteiger charge is 2.23. The molecule has 0 saturated carbocycles. The number of nitrogens with zero attached hydrogens (tertiary/aromatic N) is 5. The van der Waals surface area contributed by atoms with Crippen LogP contribution in [0.1, 0.15) is 21.7 Å². The molecule has 4 aromatic rings. The number of carbonyl (C=O) groups is 2. The van der Waals surface area contributed by atoms with Crippen molar-refractivity contribution < 1.29 is 9.59 Å². The highest BCUT2D eigenvalue weighted by atomic mass is 16.2. The molecule has 1 N–H and O–H groups in total. The molecule has 8 nitrogen and oxygen atoms in total. The molecular weight excluding hydrogens is 440 g/mol. The van der Waals surface area contributed by atoms with Crippen LogP contribution >= 0.6 is 0 Å². The molecule has 8 heteroatoms. The Bertz CT molecular complexity index is 1370. The fourth-order valence-corrected chi connectivity index (χ4v) is 4.41. The van der Waals surface area contributed by atoms with Gasteiger partial charge in [0, 0.05) is 48.5 Å². The summed E-state index contributed by atoms with van der Waals surface area (Å²) in [5.74, 6) is 0.844. The molecule has 0 atom stereocenters. The molecule has 178 valence electrons. The fraction of sp³-hybridized carbons (Fsp3) is 0.259. The highest BCUT2D eigenvalue weighted by Crippen LogP contribution is 2.23. The second kappa shape index (κ2) is 9.58. The van der Waals surface area contributed by atoms with Gasteiger partial charge in [-0.25, -0.2) is 4.98 Å². The Morgan fingerprint density at radius 2 is 1.69 bits per heavy atom. The number of carbonyl (C=O) groups excluding carboxylic acids is 2. The van der Waals surface area contributed by atoms with Crippen LogP contribution in [0, 0.1) is 13.8 Å². The van der Waals surface area contributed by atoms with Crippen LogP contribution in [0.15, 0.2) is 66.7 Å². The molecule has 0 spiro atoms. The first-order valence-corrected chi connectivity index (χ1v) is 11.8. The molecule has 0 bridgehead atoms. The number of aryl methyl sites for hydroxylation is 2. The van der Waals surface area contributed by atoms with Crippen LogP contribution in [0.25, 0.3) is 10.9 Å². The van der Waals surface area contributed by atoms with E-state index in [4.69, 9.17) is 4.98 Å². The SMILES string of the molecule is Cc1cc(C)n(CC(=O)N2CCN(c3ccc4cc(NC(=O)c5ccccc5)ccc4n3)CC2)n1. The number of pyridine rings is 1. The molecule has 2 amide bonds. The van der Waals surface area contributed by atoms with E-state index in [0.717, 1.165) is 46.9 Å². The average molecular weight is 469 g/mol. The third kappa shape index (κ3) is 5.01. The van der Waals surface area contributed by atoms with Gasteiger partial charge in [-0.3, -0.25) is 14.3 Å². The number of fused-ring (bicyclic) bond motifs is 1. The summed E-state index contributed by atoms with van der Waals surface area (Å²) in [6.45, 7) is 6.95. The van der Waals surface area contributed by atoms with Crippen LogP contribution in [0.3, 0.4) is 0 Å². The smallest absolute Gasteiger partial charge is 0.255 e. The molecule has 1 aliphatic rings. The third-order valence-corrected chi connectivity index (χ3v) is 6.31. The number of hydrogen-bond donors (Lipinski definition) is 1. The largest absolute Gasteiger partial charge is 0.353 e. The lowest BCUT2D eigenvalue weighted by atomic mass is 10.1. The van der Waals surface area contributed by atoms with Gasteiger partial charge in [-0.15, -0.1) is 0 Å². The molecule has 0 unspecified atom stereocenters. The number of nitrogens with one attached hydrogen (secondary N) is 1. The van der Waals surface area contributed by atoms with E-state index in [2.05, 4.69) is 15.3 Å². The summed E-state index contributed by atoms with van der Waals surface area (Å²) in [6.07, 6.45) is 0. The lowest BCUT2D eigenvalue weighted by Crippen LogP contribution is -2.50. The standard InChI is InChI=1S/C27H28N6O2/c1-19-16-20(2)33(30-19)18-26(34)32-14-12-31(13-15-32)25-11-8-22-17-23(9-10-24(22)29-25)28-27(35)21-6-4-3-5-7-21/h3-11,16-17H,12-15,18H2,1-2H3,(H,28,35). The summed E-state index contributed by atoms with van der Waals surface area (Å²) in [5.41, 5.74) is 4.14. The van der Waals surface area contributed by atoms with E-state index < -0.39 is 0 Å². The monoisotopic (exact) mass is 468 g/mol. The molecule has 2 aromatic carbocycles. The minimum absolute atomic E-state index is 0.0902. The molecule has 35 heavy (non-hydrogen) atoms. The van der Waals surface area contributed by atoms with Gasteiger partial charge < -0.3 is 15.1 Å². The van der Waals surface area contributed by atoms with Gasteiger partial charge in [0.25, 0.3) is 5.91 Å². The Labute approximate surface area is 204 Å². The second-order valence-corrected chi connectivity index (χ2v) is 8.85. The first kappa shape index (κ1) is 22.6. The summed E-state index contributed by atoms with van der Waals surface area (Å²) in [4.78, 5) is 34.1. The van der Waals surface area contributed by atoms with E-state index in [-0.39, 0.29) is 18.4 Å². The van der Waals surface area contributed by atoms with Gasteiger partial charge in [0.1, 0.15) is 12.4 Å². The quantitative estimate of drug-likeness (QED) is 0.483. The maximum atomic E-state index is 12.7. The van der Waals surface area contributed by atoms with E-state index in [0.29, 0.717) is 18.7 Å². The zero-order chi connectivity index (χ0) is 24.4. The summed E-state index contributed by atoms with van der Waals surface area (Å²) in [6, 6.07) is 20.9. The number of amides is 2. The van der Waals surface area contributed by atoms with Crippen molar-refractivity contribution in [3.63, 3.8) is 0 Å². The maximum Gasteiger partial charge on any atom is 0.255 e. The third-order valence-electron chi connectivity index (χ3n) is 6.31. The Morgan fingerprint density at radius 1 is 0.914 bits per heavy atom. The van der Waals surface area contributed by atoms with Crippen molar-refractivity contribution in [1.82, 2.24) is 19.7 Å².